The standard InChI is InChI=1S/C30H41NO4/c1-18(2)21-13-11-19(3)15-26(21)35-27(32)17-34-29(33)28-22-9-7-8-10-24(22)31-25-14-12-20(16-23(25)28)30(4,5)6/h7-10,18-21,26H,11-17H2,1-6H3/t19-,20-,21-,26-/m1/s1. The number of rotatable bonds is 5. The molecule has 5 heteroatoms. The van der Waals surface area contributed by atoms with Gasteiger partial charge in [0.15, 0.2) is 6.61 Å². The number of aromatic nitrogens is 1. The summed E-state index contributed by atoms with van der Waals surface area (Å²) in [6.45, 7) is 13.0. The number of hydrogen-bond donors (Lipinski definition) is 0. The molecule has 1 saturated carbocycles. The van der Waals surface area contributed by atoms with Crippen molar-refractivity contribution in [2.45, 2.75) is 86.2 Å². The fourth-order valence-corrected chi connectivity index (χ4v) is 6.01. The van der Waals surface area contributed by atoms with Crippen LogP contribution in [-0.2, 0) is 27.1 Å². The minimum Gasteiger partial charge on any atom is -0.460 e. The summed E-state index contributed by atoms with van der Waals surface area (Å²) in [6, 6.07) is 7.72. The molecule has 190 valence electrons. The van der Waals surface area contributed by atoms with Crippen molar-refractivity contribution in [2.24, 2.45) is 29.1 Å². The van der Waals surface area contributed by atoms with Crippen molar-refractivity contribution in [1.82, 2.24) is 4.98 Å². The minimum atomic E-state index is -0.456. The lowest BCUT2D eigenvalue weighted by Gasteiger charge is -2.36. The highest BCUT2D eigenvalue weighted by atomic mass is 16.6. The van der Waals surface area contributed by atoms with Crippen LogP contribution in [0.5, 0.6) is 0 Å². The van der Waals surface area contributed by atoms with E-state index in [-0.39, 0.29) is 18.1 Å². The number of carbonyl (C=O) groups is 2. The average Bonchev–Trinajstić information content (AvgIpc) is 2.79. The summed E-state index contributed by atoms with van der Waals surface area (Å²) in [6.07, 6.45) is 5.70. The van der Waals surface area contributed by atoms with Crippen LogP contribution in [0.15, 0.2) is 24.3 Å². The molecule has 2 aliphatic carbocycles. The molecule has 0 unspecified atom stereocenters. The molecule has 1 fully saturated rings. The number of aryl methyl sites for hydroxylation is 1. The van der Waals surface area contributed by atoms with E-state index in [2.05, 4.69) is 41.5 Å². The van der Waals surface area contributed by atoms with Gasteiger partial charge in [-0.3, -0.25) is 4.98 Å². The normalized spacial score (nSPS) is 24.8. The highest BCUT2D eigenvalue weighted by molar-refractivity contribution is 6.05. The van der Waals surface area contributed by atoms with E-state index in [1.165, 1.54) is 6.42 Å². The van der Waals surface area contributed by atoms with Crippen LogP contribution in [-0.4, -0.2) is 29.6 Å². The number of ether oxygens (including phenoxy) is 2. The van der Waals surface area contributed by atoms with Gasteiger partial charge in [0.2, 0.25) is 0 Å². The van der Waals surface area contributed by atoms with E-state index >= 15 is 0 Å². The van der Waals surface area contributed by atoms with Crippen molar-refractivity contribution < 1.29 is 19.1 Å². The molecule has 4 atom stereocenters. The van der Waals surface area contributed by atoms with Gasteiger partial charge in [-0.1, -0.05) is 66.2 Å². The zero-order chi connectivity index (χ0) is 25.3. The van der Waals surface area contributed by atoms with Gasteiger partial charge in [-0.05, 0) is 72.8 Å². The number of para-hydroxylation sites is 1. The topological polar surface area (TPSA) is 65.5 Å². The number of benzene rings is 1. The van der Waals surface area contributed by atoms with Crippen LogP contribution in [0, 0.1) is 29.1 Å². The summed E-state index contributed by atoms with van der Waals surface area (Å²) in [4.78, 5) is 31.1. The third kappa shape index (κ3) is 5.70. The first-order valence-electron chi connectivity index (χ1n) is 13.3. The first-order chi connectivity index (χ1) is 16.5. The molecule has 0 aliphatic heterocycles. The lowest BCUT2D eigenvalue weighted by Crippen LogP contribution is -2.37. The SMILES string of the molecule is CC(C)[C@H]1CC[C@@H](C)C[C@H]1OC(=O)COC(=O)c1c2c(nc3ccccc13)CC[C@@H](C(C)(C)C)C2. The maximum Gasteiger partial charge on any atom is 0.344 e. The quantitative estimate of drug-likeness (QED) is 0.455. The minimum absolute atomic E-state index is 0.105. The van der Waals surface area contributed by atoms with Crippen LogP contribution in [0.3, 0.4) is 0 Å². The molecule has 2 aromatic rings. The molecule has 1 aromatic heterocycles. The Labute approximate surface area is 210 Å². The zero-order valence-electron chi connectivity index (χ0n) is 22.2. The van der Waals surface area contributed by atoms with Crippen LogP contribution in [0.1, 0.15) is 88.8 Å². The predicted molar refractivity (Wildman–Crippen MR) is 138 cm³/mol. The van der Waals surface area contributed by atoms with Gasteiger partial charge in [-0.2, -0.15) is 0 Å². The van der Waals surface area contributed by atoms with Crippen LogP contribution in [0.25, 0.3) is 10.9 Å². The number of nitrogens with zero attached hydrogens (tertiary/aromatic N) is 1. The molecular formula is C30H41NO4. The van der Waals surface area contributed by atoms with Gasteiger partial charge in [0.1, 0.15) is 6.10 Å². The van der Waals surface area contributed by atoms with Gasteiger partial charge in [-0.25, -0.2) is 9.59 Å². The molecule has 0 N–H and O–H groups in total. The molecule has 0 radical (unpaired) electrons. The molecule has 4 rings (SSSR count). The van der Waals surface area contributed by atoms with Crippen molar-refractivity contribution in [3.05, 3.63) is 41.1 Å². The molecular weight excluding hydrogens is 438 g/mol. The number of esters is 2. The summed E-state index contributed by atoms with van der Waals surface area (Å²) >= 11 is 0. The first-order valence-corrected chi connectivity index (χ1v) is 13.3. The average molecular weight is 480 g/mol. The Balaban J connectivity index is 1.53. The second-order valence-corrected chi connectivity index (χ2v) is 12.2. The lowest BCUT2D eigenvalue weighted by atomic mass is 9.70. The maximum atomic E-state index is 13.5. The molecule has 0 amide bonds. The van der Waals surface area contributed by atoms with Gasteiger partial charge < -0.3 is 9.47 Å². The van der Waals surface area contributed by atoms with Crippen LogP contribution in [0.2, 0.25) is 0 Å². The Bertz CT molecular complexity index is 1080. The largest absolute Gasteiger partial charge is 0.460 e. The van der Waals surface area contributed by atoms with Gasteiger partial charge in [0, 0.05) is 11.1 Å². The number of fused-ring (bicyclic) bond motifs is 2. The van der Waals surface area contributed by atoms with Crippen molar-refractivity contribution in [1.29, 1.82) is 0 Å². The van der Waals surface area contributed by atoms with Gasteiger partial charge in [0.25, 0.3) is 0 Å². The third-order valence-corrected chi connectivity index (χ3v) is 8.25. The van der Waals surface area contributed by atoms with Crippen molar-refractivity contribution in [3.63, 3.8) is 0 Å². The van der Waals surface area contributed by atoms with Crippen molar-refractivity contribution in [3.8, 4) is 0 Å². The summed E-state index contributed by atoms with van der Waals surface area (Å²) in [5, 5.41) is 0.792. The van der Waals surface area contributed by atoms with E-state index in [1.54, 1.807) is 0 Å². The summed E-state index contributed by atoms with van der Waals surface area (Å²) < 4.78 is 11.5. The Kier molecular flexibility index (Phi) is 7.54. The second kappa shape index (κ2) is 10.3. The van der Waals surface area contributed by atoms with Crippen molar-refractivity contribution in [2.75, 3.05) is 6.61 Å². The van der Waals surface area contributed by atoms with Gasteiger partial charge in [0.05, 0.1) is 11.1 Å². The van der Waals surface area contributed by atoms with E-state index < -0.39 is 11.9 Å². The monoisotopic (exact) mass is 479 g/mol. The van der Waals surface area contributed by atoms with Gasteiger partial charge >= 0.3 is 11.9 Å². The number of pyridine rings is 1. The lowest BCUT2D eigenvalue weighted by molar-refractivity contribution is -0.159. The summed E-state index contributed by atoms with van der Waals surface area (Å²) in [7, 11) is 0. The highest BCUT2D eigenvalue weighted by Crippen LogP contribution is 2.40. The Morgan fingerprint density at radius 2 is 1.86 bits per heavy atom. The van der Waals surface area contributed by atoms with E-state index in [1.807, 2.05) is 24.3 Å². The molecule has 1 aromatic carbocycles. The van der Waals surface area contributed by atoms with Crippen LogP contribution < -0.4 is 0 Å². The van der Waals surface area contributed by atoms with E-state index in [4.69, 9.17) is 14.5 Å². The Morgan fingerprint density at radius 1 is 1.11 bits per heavy atom. The number of carbonyl (C=O) groups excluding carboxylic acids is 2. The maximum absolute atomic E-state index is 13.5. The molecule has 2 aliphatic rings. The van der Waals surface area contributed by atoms with E-state index in [9.17, 15) is 9.59 Å². The van der Waals surface area contributed by atoms with E-state index in [0.29, 0.717) is 29.2 Å². The fourth-order valence-electron chi connectivity index (χ4n) is 6.01. The van der Waals surface area contributed by atoms with Crippen molar-refractivity contribution >= 4 is 22.8 Å². The molecule has 5 nitrogen and oxygen atoms in total. The fraction of sp³-hybridized carbons (Fsp3) is 0.633. The second-order valence-electron chi connectivity index (χ2n) is 12.2. The molecule has 0 spiro atoms. The molecule has 1 heterocycles. The van der Waals surface area contributed by atoms with Crippen LogP contribution in [0.4, 0.5) is 0 Å². The first kappa shape index (κ1) is 25.7. The molecule has 0 saturated heterocycles. The Morgan fingerprint density at radius 3 is 2.57 bits per heavy atom. The van der Waals surface area contributed by atoms with Crippen LogP contribution >= 0.6 is 0 Å². The molecule has 0 bridgehead atoms. The summed E-state index contributed by atoms with van der Waals surface area (Å²) in [5.74, 6) is 0.892. The predicted octanol–water partition coefficient (Wildman–Crippen LogP) is 6.55. The highest BCUT2D eigenvalue weighted by Gasteiger charge is 2.35. The smallest absolute Gasteiger partial charge is 0.344 e. The third-order valence-electron chi connectivity index (χ3n) is 8.25. The van der Waals surface area contributed by atoms with E-state index in [0.717, 1.165) is 54.3 Å². The number of hydrogen-bond acceptors (Lipinski definition) is 5. The summed E-state index contributed by atoms with van der Waals surface area (Å²) in [5.41, 5.74) is 3.46. The molecule has 35 heavy (non-hydrogen) atoms. The van der Waals surface area contributed by atoms with Gasteiger partial charge in [-0.15, -0.1) is 0 Å². The Hall–Kier alpha value is -2.43. The zero-order valence-corrected chi connectivity index (χ0v) is 22.2.